The highest BCUT2D eigenvalue weighted by molar-refractivity contribution is 5.74. The summed E-state index contributed by atoms with van der Waals surface area (Å²) < 4.78 is 60.1. The molecule has 0 spiro atoms. The summed E-state index contributed by atoms with van der Waals surface area (Å²) in [6, 6.07) is 10.2. The van der Waals surface area contributed by atoms with Crippen molar-refractivity contribution in [2.24, 2.45) is 0 Å². The Labute approximate surface area is 203 Å². The van der Waals surface area contributed by atoms with Crippen LogP contribution in [-0.2, 0) is 14.3 Å². The van der Waals surface area contributed by atoms with Gasteiger partial charge in [-0.25, -0.2) is 4.79 Å². The largest absolute Gasteiger partial charge is 0.494 e. The van der Waals surface area contributed by atoms with E-state index in [9.17, 15) is 18.0 Å². The molecule has 0 saturated carbocycles. The van der Waals surface area contributed by atoms with Crippen molar-refractivity contribution in [3.63, 3.8) is 0 Å². The predicted molar refractivity (Wildman–Crippen MR) is 124 cm³/mol. The van der Waals surface area contributed by atoms with Crippen molar-refractivity contribution < 1.29 is 36.9 Å². The minimum Gasteiger partial charge on any atom is -0.494 e. The lowest BCUT2D eigenvalue weighted by molar-refractivity contribution is -0.207. The van der Waals surface area contributed by atoms with Gasteiger partial charge in [-0.3, -0.25) is 0 Å². The van der Waals surface area contributed by atoms with Crippen LogP contribution in [0, 0.1) is 0 Å². The number of benzene rings is 1. The first-order valence-electron chi connectivity index (χ1n) is 11.8. The third-order valence-electron chi connectivity index (χ3n) is 4.90. The molecule has 0 bridgehead atoms. The van der Waals surface area contributed by atoms with Crippen molar-refractivity contribution in [3.8, 4) is 22.9 Å². The van der Waals surface area contributed by atoms with Gasteiger partial charge in [0.05, 0.1) is 12.3 Å². The number of carbonyl (C=O) groups excluding carboxylic acids is 1. The van der Waals surface area contributed by atoms with E-state index in [2.05, 4.69) is 17.1 Å². The van der Waals surface area contributed by atoms with E-state index in [1.807, 2.05) is 31.2 Å². The standard InChI is InChI=1S/C25H33F3N2O5/c1-4-6-8-16-33-20-11-9-19(10-12-20)21-13-14-22(30-29-21)34-23(17-25(26,27)28)35-24(31)18(3)32-15-7-5-2/h9-14,18,23H,4-8,15-17H2,1-3H3. The van der Waals surface area contributed by atoms with Gasteiger partial charge >= 0.3 is 12.1 Å². The Morgan fingerprint density at radius 2 is 1.66 bits per heavy atom. The number of ether oxygens (including phenoxy) is 4. The highest BCUT2D eigenvalue weighted by Crippen LogP contribution is 2.26. The van der Waals surface area contributed by atoms with Gasteiger partial charge in [0.25, 0.3) is 6.29 Å². The lowest BCUT2D eigenvalue weighted by Crippen LogP contribution is -2.34. The lowest BCUT2D eigenvalue weighted by atomic mass is 10.1. The molecule has 2 rings (SSSR count). The molecule has 0 radical (unpaired) electrons. The molecular formula is C25H33F3N2O5. The Bertz CT molecular complexity index is 876. The number of rotatable bonds is 15. The van der Waals surface area contributed by atoms with Crippen LogP contribution < -0.4 is 9.47 Å². The van der Waals surface area contributed by atoms with Crippen molar-refractivity contribution in [1.82, 2.24) is 10.2 Å². The number of alkyl halides is 3. The predicted octanol–water partition coefficient (Wildman–Crippen LogP) is 6.12. The van der Waals surface area contributed by atoms with Gasteiger partial charge in [-0.2, -0.15) is 13.2 Å². The summed E-state index contributed by atoms with van der Waals surface area (Å²) in [5.41, 5.74) is 1.25. The Morgan fingerprint density at radius 3 is 2.26 bits per heavy atom. The van der Waals surface area contributed by atoms with Crippen LogP contribution in [0.1, 0.15) is 59.3 Å². The Kier molecular flexibility index (Phi) is 11.8. The highest BCUT2D eigenvalue weighted by atomic mass is 19.4. The van der Waals surface area contributed by atoms with Crippen molar-refractivity contribution in [1.29, 1.82) is 0 Å². The molecule has 10 heteroatoms. The summed E-state index contributed by atoms with van der Waals surface area (Å²) in [4.78, 5) is 12.1. The van der Waals surface area contributed by atoms with Gasteiger partial charge in [-0.1, -0.05) is 33.1 Å². The number of carbonyl (C=O) groups is 1. The van der Waals surface area contributed by atoms with E-state index < -0.39 is 31.0 Å². The second-order valence-corrected chi connectivity index (χ2v) is 8.01. The maximum absolute atomic E-state index is 13.0. The molecule has 2 aromatic rings. The number of esters is 1. The van der Waals surface area contributed by atoms with Gasteiger partial charge in [0.1, 0.15) is 12.2 Å². The van der Waals surface area contributed by atoms with Crippen LogP contribution in [-0.4, -0.2) is 48.0 Å². The van der Waals surface area contributed by atoms with E-state index in [0.29, 0.717) is 18.9 Å². The average Bonchev–Trinajstić information content (AvgIpc) is 2.82. The van der Waals surface area contributed by atoms with Gasteiger partial charge < -0.3 is 18.9 Å². The molecule has 0 N–H and O–H groups in total. The first kappa shape index (κ1) is 28.4. The van der Waals surface area contributed by atoms with E-state index in [4.69, 9.17) is 18.9 Å². The molecule has 2 unspecified atom stereocenters. The fourth-order valence-electron chi connectivity index (χ4n) is 2.93. The molecule has 0 aliphatic heterocycles. The zero-order valence-electron chi connectivity index (χ0n) is 20.3. The van der Waals surface area contributed by atoms with Gasteiger partial charge in [-0.05, 0) is 50.1 Å². The van der Waals surface area contributed by atoms with E-state index >= 15 is 0 Å². The third kappa shape index (κ3) is 10.9. The van der Waals surface area contributed by atoms with Gasteiger partial charge in [-0.15, -0.1) is 10.2 Å². The Balaban J connectivity index is 1.99. The van der Waals surface area contributed by atoms with Gasteiger partial charge in [0, 0.05) is 18.2 Å². The minimum absolute atomic E-state index is 0.203. The minimum atomic E-state index is -4.62. The van der Waals surface area contributed by atoms with Crippen molar-refractivity contribution in [2.45, 2.75) is 77.9 Å². The number of hydrogen-bond donors (Lipinski definition) is 0. The SMILES string of the molecule is CCCCCOc1ccc(-c2ccc(OC(CC(F)(F)F)OC(=O)C(C)OCCCC)nn2)cc1. The molecule has 2 atom stereocenters. The summed E-state index contributed by atoms with van der Waals surface area (Å²) in [5.74, 6) is -0.411. The van der Waals surface area contributed by atoms with Gasteiger partial charge in [0.15, 0.2) is 6.10 Å². The molecule has 0 amide bonds. The summed E-state index contributed by atoms with van der Waals surface area (Å²) in [6.07, 6.45) is -4.26. The Morgan fingerprint density at radius 1 is 0.943 bits per heavy atom. The van der Waals surface area contributed by atoms with Crippen LogP contribution in [0.25, 0.3) is 11.3 Å². The number of nitrogens with zero attached hydrogens (tertiary/aromatic N) is 2. The highest BCUT2D eigenvalue weighted by Gasteiger charge is 2.36. The molecule has 194 valence electrons. The zero-order chi connectivity index (χ0) is 25.7. The summed E-state index contributed by atoms with van der Waals surface area (Å²) in [5, 5.41) is 7.85. The molecule has 35 heavy (non-hydrogen) atoms. The second-order valence-electron chi connectivity index (χ2n) is 8.01. The first-order chi connectivity index (χ1) is 16.7. The van der Waals surface area contributed by atoms with Crippen LogP contribution in [0.3, 0.4) is 0 Å². The van der Waals surface area contributed by atoms with Crippen LogP contribution in [0.15, 0.2) is 36.4 Å². The molecule has 0 saturated heterocycles. The average molecular weight is 499 g/mol. The Hall–Kier alpha value is -2.88. The van der Waals surface area contributed by atoms with Gasteiger partial charge in [0.2, 0.25) is 5.88 Å². The zero-order valence-corrected chi connectivity index (χ0v) is 20.3. The monoisotopic (exact) mass is 498 g/mol. The smallest absolute Gasteiger partial charge is 0.396 e. The summed E-state index contributed by atoms with van der Waals surface area (Å²) >= 11 is 0. The normalized spacial score (nSPS) is 13.2. The van der Waals surface area contributed by atoms with E-state index in [0.717, 1.165) is 43.4 Å². The molecule has 0 aliphatic rings. The molecule has 7 nitrogen and oxygen atoms in total. The van der Waals surface area contributed by atoms with Crippen molar-refractivity contribution in [2.75, 3.05) is 13.2 Å². The molecule has 1 aromatic carbocycles. The fraction of sp³-hybridized carbons (Fsp3) is 0.560. The fourth-order valence-corrected chi connectivity index (χ4v) is 2.93. The number of unbranched alkanes of at least 4 members (excludes halogenated alkanes) is 3. The van der Waals surface area contributed by atoms with E-state index in [1.54, 1.807) is 6.07 Å². The maximum Gasteiger partial charge on any atom is 0.396 e. The topological polar surface area (TPSA) is 79.8 Å². The molecule has 1 heterocycles. The second kappa shape index (κ2) is 14.5. The summed E-state index contributed by atoms with van der Waals surface area (Å²) in [7, 11) is 0. The molecule has 0 aliphatic carbocycles. The van der Waals surface area contributed by atoms with Crippen molar-refractivity contribution >= 4 is 5.97 Å². The van der Waals surface area contributed by atoms with Crippen molar-refractivity contribution in [3.05, 3.63) is 36.4 Å². The van der Waals surface area contributed by atoms with E-state index in [1.165, 1.54) is 13.0 Å². The molecule has 0 fully saturated rings. The van der Waals surface area contributed by atoms with Crippen LogP contribution in [0.2, 0.25) is 0 Å². The lowest BCUT2D eigenvalue weighted by Gasteiger charge is -2.21. The van der Waals surface area contributed by atoms with Crippen LogP contribution in [0.4, 0.5) is 13.2 Å². The quantitative estimate of drug-likeness (QED) is 0.166. The van der Waals surface area contributed by atoms with E-state index in [-0.39, 0.29) is 5.88 Å². The number of hydrogen-bond acceptors (Lipinski definition) is 7. The number of aromatic nitrogens is 2. The molecular weight excluding hydrogens is 465 g/mol. The van der Waals surface area contributed by atoms with Crippen LogP contribution in [0.5, 0.6) is 11.6 Å². The first-order valence-corrected chi connectivity index (χ1v) is 11.8. The maximum atomic E-state index is 13.0. The summed E-state index contributed by atoms with van der Waals surface area (Å²) in [6.45, 7) is 6.44. The van der Waals surface area contributed by atoms with Crippen LogP contribution >= 0.6 is 0 Å². The number of halogens is 3. The molecule has 1 aromatic heterocycles. The third-order valence-corrected chi connectivity index (χ3v) is 4.90.